The molecule has 1 N–H and O–H groups in total. The minimum absolute atomic E-state index is 0.345. The number of nitrogens with one attached hydrogen (secondary N) is 1. The number of allylic oxidation sites excluding steroid dienone is 1. The van der Waals surface area contributed by atoms with Gasteiger partial charge in [-0.25, -0.2) is 13.9 Å². The fourth-order valence-electron chi connectivity index (χ4n) is 2.93. The summed E-state index contributed by atoms with van der Waals surface area (Å²) in [6.45, 7) is 4.19. The third kappa shape index (κ3) is 3.40. The minimum atomic E-state index is -0.710. The molecule has 1 aliphatic heterocycles. The van der Waals surface area contributed by atoms with Gasteiger partial charge in [0.2, 0.25) is 5.95 Å². The maximum Gasteiger partial charge on any atom is 0.338 e. The maximum absolute atomic E-state index is 14.4. The third-order valence-electron chi connectivity index (χ3n) is 4.20. The van der Waals surface area contributed by atoms with Gasteiger partial charge in [-0.15, -0.1) is 0 Å². The van der Waals surface area contributed by atoms with Crippen LogP contribution in [0.1, 0.15) is 44.7 Å². The van der Waals surface area contributed by atoms with E-state index in [1.807, 2.05) is 0 Å². The van der Waals surface area contributed by atoms with Gasteiger partial charge in [-0.3, -0.25) is 0 Å². The smallest absolute Gasteiger partial charge is 0.338 e. The van der Waals surface area contributed by atoms with E-state index < -0.39 is 17.8 Å². The maximum atomic E-state index is 14.4. The summed E-state index contributed by atoms with van der Waals surface area (Å²) in [6.07, 6.45) is 4.22. The van der Waals surface area contributed by atoms with Crippen molar-refractivity contribution in [2.24, 2.45) is 0 Å². The molecule has 2 aromatic rings. The van der Waals surface area contributed by atoms with Crippen molar-refractivity contribution in [3.8, 4) is 0 Å². The van der Waals surface area contributed by atoms with Gasteiger partial charge in [-0.2, -0.15) is 10.1 Å². The van der Waals surface area contributed by atoms with Crippen molar-refractivity contribution in [3.63, 3.8) is 0 Å². The normalized spacial score (nSPS) is 16.4. The number of unbranched alkanes of at least 4 members (excludes halogenated alkanes) is 2. The monoisotopic (exact) mass is 344 g/mol. The number of esters is 1. The molecular formula is C18H21FN4O2. The number of ether oxygens (including phenoxy) is 1. The van der Waals surface area contributed by atoms with Crippen LogP contribution in [0, 0.1) is 5.82 Å². The molecule has 7 heteroatoms. The van der Waals surface area contributed by atoms with E-state index in [0.717, 1.165) is 19.3 Å². The lowest BCUT2D eigenvalue weighted by atomic mass is 9.95. The number of rotatable bonds is 6. The van der Waals surface area contributed by atoms with E-state index in [1.54, 1.807) is 25.1 Å². The Labute approximate surface area is 145 Å². The van der Waals surface area contributed by atoms with Crippen LogP contribution in [0.5, 0.6) is 0 Å². The SMILES string of the molecule is CCCCCOC(=O)C1=C(C)Nc2ncnn2[C@H]1c1ccccc1F. The molecule has 3 rings (SSSR count). The van der Waals surface area contributed by atoms with Gasteiger partial charge in [-0.05, 0) is 19.4 Å². The summed E-state index contributed by atoms with van der Waals surface area (Å²) in [6, 6.07) is 5.65. The van der Waals surface area contributed by atoms with Gasteiger partial charge >= 0.3 is 5.97 Å². The van der Waals surface area contributed by atoms with Gasteiger partial charge < -0.3 is 10.1 Å². The van der Waals surface area contributed by atoms with Gasteiger partial charge in [0.15, 0.2) is 0 Å². The van der Waals surface area contributed by atoms with Crippen LogP contribution in [0.2, 0.25) is 0 Å². The average molecular weight is 344 g/mol. The van der Waals surface area contributed by atoms with Crippen molar-refractivity contribution in [3.05, 3.63) is 53.2 Å². The standard InChI is InChI=1S/C18H21FN4O2/c1-3-4-7-10-25-17(24)15-12(2)22-18-20-11-21-23(18)16(15)13-8-5-6-9-14(13)19/h5-6,8-9,11,16H,3-4,7,10H2,1-2H3,(H,20,21,22)/t16-/m0/s1. The lowest BCUT2D eigenvalue weighted by molar-refractivity contribution is -0.139. The molecule has 2 heterocycles. The molecule has 6 nitrogen and oxygen atoms in total. The summed E-state index contributed by atoms with van der Waals surface area (Å²) in [7, 11) is 0. The number of hydrogen-bond donors (Lipinski definition) is 1. The first-order chi connectivity index (χ1) is 12.1. The fraction of sp³-hybridized carbons (Fsp3) is 0.389. The molecule has 0 saturated carbocycles. The molecule has 0 bridgehead atoms. The van der Waals surface area contributed by atoms with Crippen LogP contribution in [0.25, 0.3) is 0 Å². The molecular weight excluding hydrogens is 323 g/mol. The Morgan fingerprint density at radius 1 is 1.36 bits per heavy atom. The number of hydrogen-bond acceptors (Lipinski definition) is 5. The molecule has 0 saturated heterocycles. The molecule has 1 atom stereocenters. The lowest BCUT2D eigenvalue weighted by Gasteiger charge is -2.28. The van der Waals surface area contributed by atoms with E-state index in [4.69, 9.17) is 4.74 Å². The zero-order valence-electron chi connectivity index (χ0n) is 14.3. The van der Waals surface area contributed by atoms with E-state index in [9.17, 15) is 9.18 Å². The van der Waals surface area contributed by atoms with Crippen LogP contribution in [-0.4, -0.2) is 27.3 Å². The molecule has 0 fully saturated rings. The number of carbonyl (C=O) groups excluding carboxylic acids is 1. The first kappa shape index (κ1) is 17.1. The van der Waals surface area contributed by atoms with Crippen LogP contribution < -0.4 is 5.32 Å². The molecule has 1 aliphatic rings. The van der Waals surface area contributed by atoms with Crippen LogP contribution >= 0.6 is 0 Å². The first-order valence-electron chi connectivity index (χ1n) is 8.42. The summed E-state index contributed by atoms with van der Waals surface area (Å²) >= 11 is 0. The molecule has 1 aromatic carbocycles. The van der Waals surface area contributed by atoms with E-state index in [0.29, 0.717) is 29.4 Å². The Balaban J connectivity index is 1.96. The highest BCUT2D eigenvalue weighted by Crippen LogP contribution is 2.36. The second kappa shape index (κ2) is 7.46. The average Bonchev–Trinajstić information content (AvgIpc) is 3.06. The Kier molecular flexibility index (Phi) is 5.11. The van der Waals surface area contributed by atoms with Gasteiger partial charge in [-0.1, -0.05) is 38.0 Å². The van der Waals surface area contributed by atoms with Gasteiger partial charge in [0.05, 0.1) is 12.2 Å². The fourth-order valence-corrected chi connectivity index (χ4v) is 2.93. The molecule has 0 spiro atoms. The van der Waals surface area contributed by atoms with Crippen LogP contribution in [-0.2, 0) is 9.53 Å². The van der Waals surface area contributed by atoms with Gasteiger partial charge in [0.1, 0.15) is 18.2 Å². The number of aromatic nitrogens is 3. The number of benzene rings is 1. The Morgan fingerprint density at radius 2 is 2.16 bits per heavy atom. The van der Waals surface area contributed by atoms with Crippen molar-refractivity contribution >= 4 is 11.9 Å². The highest BCUT2D eigenvalue weighted by atomic mass is 19.1. The van der Waals surface area contributed by atoms with Crippen LogP contribution in [0.3, 0.4) is 0 Å². The van der Waals surface area contributed by atoms with Crippen molar-refractivity contribution in [1.29, 1.82) is 0 Å². The Bertz CT molecular complexity index is 800. The highest BCUT2D eigenvalue weighted by Gasteiger charge is 2.35. The summed E-state index contributed by atoms with van der Waals surface area (Å²) in [5.41, 5.74) is 1.30. The van der Waals surface area contributed by atoms with Gasteiger partial charge in [0, 0.05) is 11.3 Å². The predicted molar refractivity (Wildman–Crippen MR) is 91.4 cm³/mol. The lowest BCUT2D eigenvalue weighted by Crippen LogP contribution is -2.30. The summed E-state index contributed by atoms with van der Waals surface area (Å²) in [5.74, 6) is -0.399. The molecule has 0 radical (unpaired) electrons. The first-order valence-corrected chi connectivity index (χ1v) is 8.42. The molecule has 0 amide bonds. The molecule has 0 unspecified atom stereocenters. The molecule has 1 aromatic heterocycles. The van der Waals surface area contributed by atoms with E-state index >= 15 is 0 Å². The summed E-state index contributed by atoms with van der Waals surface area (Å²) in [4.78, 5) is 16.8. The third-order valence-corrected chi connectivity index (χ3v) is 4.20. The Hall–Kier alpha value is -2.70. The number of carbonyl (C=O) groups is 1. The molecule has 132 valence electrons. The van der Waals surface area contributed by atoms with Crippen molar-refractivity contribution in [2.45, 2.75) is 39.2 Å². The van der Waals surface area contributed by atoms with E-state index in [-0.39, 0.29) is 0 Å². The predicted octanol–water partition coefficient (Wildman–Crippen LogP) is 3.44. The zero-order chi connectivity index (χ0) is 17.8. The Morgan fingerprint density at radius 3 is 2.92 bits per heavy atom. The zero-order valence-corrected chi connectivity index (χ0v) is 14.3. The minimum Gasteiger partial charge on any atom is -0.462 e. The highest BCUT2D eigenvalue weighted by molar-refractivity contribution is 5.92. The number of anilines is 1. The van der Waals surface area contributed by atoms with E-state index in [2.05, 4.69) is 22.3 Å². The quantitative estimate of drug-likeness (QED) is 0.642. The molecule has 0 aliphatic carbocycles. The van der Waals surface area contributed by atoms with Crippen LogP contribution in [0.4, 0.5) is 10.3 Å². The number of nitrogens with zero attached hydrogens (tertiary/aromatic N) is 3. The largest absolute Gasteiger partial charge is 0.462 e. The summed E-state index contributed by atoms with van der Waals surface area (Å²) < 4.78 is 21.4. The van der Waals surface area contributed by atoms with Crippen LogP contribution in [0.15, 0.2) is 41.9 Å². The second-order valence-corrected chi connectivity index (χ2v) is 5.96. The van der Waals surface area contributed by atoms with Crippen molar-refractivity contribution in [2.75, 3.05) is 11.9 Å². The van der Waals surface area contributed by atoms with Crippen molar-refractivity contribution in [1.82, 2.24) is 14.8 Å². The molecule has 25 heavy (non-hydrogen) atoms. The van der Waals surface area contributed by atoms with Crippen molar-refractivity contribution < 1.29 is 13.9 Å². The number of halogens is 1. The second-order valence-electron chi connectivity index (χ2n) is 5.96. The summed E-state index contributed by atoms with van der Waals surface area (Å²) in [5, 5.41) is 7.20. The van der Waals surface area contributed by atoms with Gasteiger partial charge in [0.25, 0.3) is 0 Å². The van der Waals surface area contributed by atoms with E-state index in [1.165, 1.54) is 17.1 Å². The number of fused-ring (bicyclic) bond motifs is 1. The topological polar surface area (TPSA) is 69.0 Å².